The second kappa shape index (κ2) is 5.29. The van der Waals surface area contributed by atoms with E-state index in [-0.39, 0.29) is 17.9 Å². The Morgan fingerprint density at radius 2 is 1.82 bits per heavy atom. The molecule has 0 radical (unpaired) electrons. The van der Waals surface area contributed by atoms with E-state index in [0.717, 1.165) is 6.42 Å². The number of hydrogen-bond donors (Lipinski definition) is 1. The molecule has 2 unspecified atom stereocenters. The van der Waals surface area contributed by atoms with Crippen LogP contribution in [0.15, 0.2) is 0 Å². The summed E-state index contributed by atoms with van der Waals surface area (Å²) in [6, 6.07) is -0.788. The van der Waals surface area contributed by atoms with Gasteiger partial charge in [0.1, 0.15) is 5.92 Å². The van der Waals surface area contributed by atoms with Gasteiger partial charge in [-0.1, -0.05) is 27.2 Å². The zero-order valence-corrected chi connectivity index (χ0v) is 10.8. The first-order valence-corrected chi connectivity index (χ1v) is 6.08. The number of barbiturate groups is 1. The van der Waals surface area contributed by atoms with Crippen LogP contribution in [0.2, 0.25) is 0 Å². The highest BCUT2D eigenvalue weighted by Gasteiger charge is 2.42. The highest BCUT2D eigenvalue weighted by molar-refractivity contribution is 6.16. The highest BCUT2D eigenvalue weighted by atomic mass is 16.2. The molecule has 1 aliphatic rings. The minimum atomic E-state index is -0.709. The van der Waals surface area contributed by atoms with Crippen molar-refractivity contribution in [1.29, 1.82) is 0 Å². The molecule has 5 nitrogen and oxygen atoms in total. The third-order valence-corrected chi connectivity index (χ3v) is 3.25. The first kappa shape index (κ1) is 13.7. The molecule has 1 aliphatic heterocycles. The average molecular weight is 240 g/mol. The molecule has 17 heavy (non-hydrogen) atoms. The Balaban J connectivity index is 2.94. The van der Waals surface area contributed by atoms with Crippen molar-refractivity contribution < 1.29 is 14.4 Å². The summed E-state index contributed by atoms with van der Waals surface area (Å²) in [6.07, 6.45) is 1.22. The summed E-state index contributed by atoms with van der Waals surface area (Å²) in [7, 11) is 0. The maximum absolute atomic E-state index is 12.1. The Morgan fingerprint density at radius 1 is 1.24 bits per heavy atom. The molecule has 96 valence electrons. The van der Waals surface area contributed by atoms with Crippen molar-refractivity contribution in [2.45, 2.75) is 46.6 Å². The lowest BCUT2D eigenvalue weighted by molar-refractivity contribution is -0.144. The number of imide groups is 2. The van der Waals surface area contributed by atoms with E-state index in [1.165, 1.54) is 4.90 Å². The van der Waals surface area contributed by atoms with Gasteiger partial charge in [0, 0.05) is 6.04 Å². The highest BCUT2D eigenvalue weighted by Crippen LogP contribution is 2.20. The number of urea groups is 1. The van der Waals surface area contributed by atoms with Crippen molar-refractivity contribution in [2.24, 2.45) is 11.8 Å². The number of rotatable bonds is 4. The Labute approximate surface area is 102 Å². The van der Waals surface area contributed by atoms with Gasteiger partial charge in [-0.3, -0.25) is 19.8 Å². The van der Waals surface area contributed by atoms with Gasteiger partial charge in [0.05, 0.1) is 0 Å². The predicted octanol–water partition coefficient (Wildman–Crippen LogP) is 1.53. The number of hydrogen-bond acceptors (Lipinski definition) is 3. The van der Waals surface area contributed by atoms with Gasteiger partial charge in [-0.05, 0) is 19.3 Å². The summed E-state index contributed by atoms with van der Waals surface area (Å²) in [4.78, 5) is 36.6. The molecule has 1 saturated heterocycles. The Hall–Kier alpha value is -1.39. The van der Waals surface area contributed by atoms with Gasteiger partial charge in [0.25, 0.3) is 0 Å². The van der Waals surface area contributed by atoms with Crippen LogP contribution in [0, 0.1) is 11.8 Å². The van der Waals surface area contributed by atoms with Crippen molar-refractivity contribution in [3.63, 3.8) is 0 Å². The lowest BCUT2D eigenvalue weighted by Crippen LogP contribution is -2.61. The minimum Gasteiger partial charge on any atom is -0.277 e. The maximum Gasteiger partial charge on any atom is 0.331 e. The molecule has 0 aromatic rings. The molecule has 1 fully saturated rings. The van der Waals surface area contributed by atoms with Crippen LogP contribution in [0.3, 0.4) is 0 Å². The Kier molecular flexibility index (Phi) is 4.26. The summed E-state index contributed by atoms with van der Waals surface area (Å²) >= 11 is 0. The Morgan fingerprint density at radius 3 is 2.29 bits per heavy atom. The molecular weight excluding hydrogens is 220 g/mol. The third-order valence-electron chi connectivity index (χ3n) is 3.25. The molecule has 2 atom stereocenters. The molecule has 0 aromatic carbocycles. The molecular formula is C12H20N2O3. The molecule has 0 saturated carbocycles. The number of amides is 4. The molecule has 0 bridgehead atoms. The number of carbonyl (C=O) groups is 3. The van der Waals surface area contributed by atoms with Gasteiger partial charge in [-0.2, -0.15) is 0 Å². The van der Waals surface area contributed by atoms with Gasteiger partial charge in [0.2, 0.25) is 11.8 Å². The van der Waals surface area contributed by atoms with E-state index in [1.807, 2.05) is 27.7 Å². The van der Waals surface area contributed by atoms with Crippen LogP contribution in [0.5, 0.6) is 0 Å². The normalized spacial score (nSPS) is 23.0. The van der Waals surface area contributed by atoms with Crippen LogP contribution in [-0.4, -0.2) is 28.8 Å². The molecule has 4 amide bonds. The van der Waals surface area contributed by atoms with E-state index in [2.05, 4.69) is 5.32 Å². The molecule has 0 spiro atoms. The van der Waals surface area contributed by atoms with Crippen LogP contribution >= 0.6 is 0 Å². The van der Waals surface area contributed by atoms with Gasteiger partial charge in [0.15, 0.2) is 0 Å². The summed E-state index contributed by atoms with van der Waals surface area (Å²) in [5, 5.41) is 2.26. The molecule has 1 N–H and O–H groups in total. The van der Waals surface area contributed by atoms with Crippen molar-refractivity contribution in [3.05, 3.63) is 0 Å². The average Bonchev–Trinajstić information content (AvgIpc) is 2.23. The second-order valence-electron chi connectivity index (χ2n) is 4.83. The van der Waals surface area contributed by atoms with Gasteiger partial charge < -0.3 is 0 Å². The number of nitrogens with one attached hydrogen (secondary N) is 1. The zero-order chi connectivity index (χ0) is 13.2. The summed E-state index contributed by atoms with van der Waals surface area (Å²) in [5.41, 5.74) is 0. The largest absolute Gasteiger partial charge is 0.331 e. The Bertz CT molecular complexity index is 339. The minimum absolute atomic E-state index is 0.167. The van der Waals surface area contributed by atoms with Gasteiger partial charge >= 0.3 is 6.03 Å². The van der Waals surface area contributed by atoms with Crippen LogP contribution in [-0.2, 0) is 9.59 Å². The summed E-state index contributed by atoms with van der Waals surface area (Å²) in [5.74, 6) is -1.37. The standard InChI is InChI=1S/C12H20N2O3/c1-5-6-9-10(15)13-12(17)14(11(9)16)8(4)7(2)3/h7-9H,5-6H2,1-4H3,(H,13,15,17). The topological polar surface area (TPSA) is 66.5 Å². The van der Waals surface area contributed by atoms with Crippen LogP contribution < -0.4 is 5.32 Å². The summed E-state index contributed by atoms with van der Waals surface area (Å²) < 4.78 is 0. The van der Waals surface area contributed by atoms with Crippen molar-refractivity contribution in [2.75, 3.05) is 0 Å². The monoisotopic (exact) mass is 240 g/mol. The summed E-state index contributed by atoms with van der Waals surface area (Å²) in [6.45, 7) is 7.61. The number of nitrogens with zero attached hydrogens (tertiary/aromatic N) is 1. The van der Waals surface area contributed by atoms with E-state index < -0.39 is 17.9 Å². The zero-order valence-electron chi connectivity index (χ0n) is 10.8. The molecule has 5 heteroatoms. The fraction of sp³-hybridized carbons (Fsp3) is 0.750. The van der Waals surface area contributed by atoms with Crippen molar-refractivity contribution >= 4 is 17.8 Å². The smallest absolute Gasteiger partial charge is 0.277 e. The van der Waals surface area contributed by atoms with E-state index in [4.69, 9.17) is 0 Å². The van der Waals surface area contributed by atoms with E-state index >= 15 is 0 Å². The molecule has 0 aliphatic carbocycles. The van der Waals surface area contributed by atoms with Crippen molar-refractivity contribution in [1.82, 2.24) is 10.2 Å². The second-order valence-corrected chi connectivity index (χ2v) is 4.83. The van der Waals surface area contributed by atoms with E-state index in [0.29, 0.717) is 6.42 Å². The van der Waals surface area contributed by atoms with E-state index in [9.17, 15) is 14.4 Å². The van der Waals surface area contributed by atoms with Crippen LogP contribution in [0.1, 0.15) is 40.5 Å². The van der Waals surface area contributed by atoms with Gasteiger partial charge in [-0.25, -0.2) is 4.79 Å². The quantitative estimate of drug-likeness (QED) is 0.758. The fourth-order valence-electron chi connectivity index (χ4n) is 1.86. The molecule has 0 aromatic heterocycles. The third kappa shape index (κ3) is 2.65. The van der Waals surface area contributed by atoms with Gasteiger partial charge in [-0.15, -0.1) is 0 Å². The van der Waals surface area contributed by atoms with Crippen molar-refractivity contribution in [3.8, 4) is 0 Å². The molecule has 1 rings (SSSR count). The van der Waals surface area contributed by atoms with Crippen LogP contribution in [0.4, 0.5) is 4.79 Å². The fourth-order valence-corrected chi connectivity index (χ4v) is 1.86. The lowest BCUT2D eigenvalue weighted by Gasteiger charge is -2.35. The first-order chi connectivity index (χ1) is 7.90. The van der Waals surface area contributed by atoms with Crippen LogP contribution in [0.25, 0.3) is 0 Å². The number of carbonyl (C=O) groups excluding carboxylic acids is 3. The van der Waals surface area contributed by atoms with E-state index in [1.54, 1.807) is 0 Å². The maximum atomic E-state index is 12.1. The SMILES string of the molecule is CCCC1C(=O)NC(=O)N(C(C)C(C)C)C1=O. The predicted molar refractivity (Wildman–Crippen MR) is 63.1 cm³/mol. The first-order valence-electron chi connectivity index (χ1n) is 6.08. The lowest BCUT2D eigenvalue weighted by atomic mass is 9.96. The molecule has 1 heterocycles.